The van der Waals surface area contributed by atoms with Crippen molar-refractivity contribution in [3.63, 3.8) is 0 Å². The van der Waals surface area contributed by atoms with Gasteiger partial charge in [0.25, 0.3) is 0 Å². The summed E-state index contributed by atoms with van der Waals surface area (Å²) in [6, 6.07) is 10.2. The predicted molar refractivity (Wildman–Crippen MR) is 120 cm³/mol. The summed E-state index contributed by atoms with van der Waals surface area (Å²) in [5, 5.41) is 9.50. The molecule has 1 aliphatic carbocycles. The minimum absolute atomic E-state index is 0.294. The van der Waals surface area contributed by atoms with Gasteiger partial charge in [-0.3, -0.25) is 10.1 Å². The summed E-state index contributed by atoms with van der Waals surface area (Å²) in [4.78, 5) is 16.7. The predicted octanol–water partition coefficient (Wildman–Crippen LogP) is 5.27. The van der Waals surface area contributed by atoms with Crippen LogP contribution < -0.4 is 4.74 Å². The molecule has 0 bridgehead atoms. The van der Waals surface area contributed by atoms with Gasteiger partial charge in [0, 0.05) is 40.5 Å². The average molecular weight is 410 g/mol. The zero-order valence-electron chi connectivity index (χ0n) is 17.0. The van der Waals surface area contributed by atoms with Crippen molar-refractivity contribution < 1.29 is 4.74 Å². The maximum atomic E-state index is 6.20. The van der Waals surface area contributed by atoms with Gasteiger partial charge >= 0.3 is 0 Å². The molecule has 0 radical (unpaired) electrons. The molecule has 2 N–H and O–H groups in total. The third kappa shape index (κ3) is 3.42. The molecule has 31 heavy (non-hydrogen) atoms. The summed E-state index contributed by atoms with van der Waals surface area (Å²) in [7, 11) is 0. The third-order valence-electron chi connectivity index (χ3n) is 5.97. The molecule has 0 saturated heterocycles. The van der Waals surface area contributed by atoms with Crippen molar-refractivity contribution in [3.05, 3.63) is 55.1 Å². The van der Waals surface area contributed by atoms with E-state index in [2.05, 4.69) is 48.3 Å². The van der Waals surface area contributed by atoms with Gasteiger partial charge in [0.05, 0.1) is 23.7 Å². The van der Waals surface area contributed by atoms with E-state index in [1.807, 2.05) is 24.5 Å². The lowest BCUT2D eigenvalue weighted by atomic mass is 9.98. The van der Waals surface area contributed by atoms with Crippen molar-refractivity contribution in [1.82, 2.24) is 30.1 Å². The van der Waals surface area contributed by atoms with Crippen LogP contribution in [-0.2, 0) is 0 Å². The molecule has 1 aliphatic rings. The Labute approximate surface area is 178 Å². The van der Waals surface area contributed by atoms with Crippen molar-refractivity contribution in [2.75, 3.05) is 0 Å². The minimum atomic E-state index is 0.294. The first-order chi connectivity index (χ1) is 15.3. The quantitative estimate of drug-likeness (QED) is 0.421. The fourth-order valence-electron chi connectivity index (χ4n) is 4.37. The lowest BCUT2D eigenvalue weighted by Crippen LogP contribution is -2.19. The molecule has 5 heterocycles. The zero-order chi connectivity index (χ0) is 20.6. The first-order valence-electron chi connectivity index (χ1n) is 10.7. The normalized spacial score (nSPS) is 15.0. The third-order valence-corrected chi connectivity index (χ3v) is 5.97. The van der Waals surface area contributed by atoms with Gasteiger partial charge in [-0.2, -0.15) is 5.10 Å². The van der Waals surface area contributed by atoms with E-state index in [0.29, 0.717) is 11.8 Å². The summed E-state index contributed by atoms with van der Waals surface area (Å²) in [5.41, 5.74) is 5.31. The van der Waals surface area contributed by atoms with Crippen LogP contribution in [0.1, 0.15) is 32.1 Å². The number of nitrogens with one attached hydrogen (secondary N) is 2. The molecule has 0 spiro atoms. The Morgan fingerprint density at radius 1 is 0.935 bits per heavy atom. The molecule has 6 rings (SSSR count). The molecule has 7 heteroatoms. The second-order valence-corrected chi connectivity index (χ2v) is 8.11. The van der Waals surface area contributed by atoms with E-state index in [9.17, 15) is 0 Å². The minimum Gasteiger partial charge on any atom is -0.489 e. The Morgan fingerprint density at radius 3 is 2.74 bits per heavy atom. The van der Waals surface area contributed by atoms with Crippen LogP contribution in [0.2, 0.25) is 0 Å². The second-order valence-electron chi connectivity index (χ2n) is 8.11. The molecular weight excluding hydrogens is 388 g/mol. The number of ether oxygens (including phenoxy) is 1. The lowest BCUT2D eigenvalue weighted by Gasteiger charge is -2.23. The lowest BCUT2D eigenvalue weighted by molar-refractivity contribution is 0.154. The number of fused-ring (bicyclic) bond motifs is 2. The highest BCUT2D eigenvalue weighted by molar-refractivity contribution is 5.95. The fourth-order valence-corrected chi connectivity index (χ4v) is 4.37. The summed E-state index contributed by atoms with van der Waals surface area (Å²) in [6.45, 7) is 0. The van der Waals surface area contributed by atoms with Gasteiger partial charge < -0.3 is 9.72 Å². The van der Waals surface area contributed by atoms with E-state index < -0.39 is 0 Å². The van der Waals surface area contributed by atoms with Crippen LogP contribution in [0.4, 0.5) is 0 Å². The molecule has 5 aromatic heterocycles. The Hall–Kier alpha value is -3.74. The van der Waals surface area contributed by atoms with Crippen LogP contribution in [0.25, 0.3) is 44.6 Å². The molecule has 154 valence electrons. The van der Waals surface area contributed by atoms with Crippen LogP contribution in [0.5, 0.6) is 5.75 Å². The molecule has 0 aromatic carbocycles. The Kier molecular flexibility index (Phi) is 4.37. The van der Waals surface area contributed by atoms with Crippen LogP contribution in [-0.4, -0.2) is 36.2 Å². The number of pyridine rings is 3. The zero-order valence-corrected chi connectivity index (χ0v) is 17.0. The summed E-state index contributed by atoms with van der Waals surface area (Å²) in [5.74, 6) is 0.818. The van der Waals surface area contributed by atoms with E-state index in [1.165, 1.54) is 19.3 Å². The van der Waals surface area contributed by atoms with Crippen LogP contribution >= 0.6 is 0 Å². The molecule has 0 aliphatic heterocycles. The first-order valence-corrected chi connectivity index (χ1v) is 10.7. The van der Waals surface area contributed by atoms with E-state index in [0.717, 1.165) is 57.5 Å². The molecule has 5 aromatic rings. The van der Waals surface area contributed by atoms with Crippen LogP contribution in [0.15, 0.2) is 55.1 Å². The van der Waals surface area contributed by atoms with Crippen molar-refractivity contribution in [3.8, 4) is 28.3 Å². The number of H-pyrrole nitrogens is 2. The fraction of sp³-hybridized carbons (Fsp3) is 0.250. The Balaban J connectivity index is 1.36. The number of hydrogen-bond donors (Lipinski definition) is 2. The van der Waals surface area contributed by atoms with E-state index in [1.54, 1.807) is 12.4 Å². The molecular formula is C24H22N6O. The number of nitrogens with zero attached hydrogens (tertiary/aromatic N) is 4. The van der Waals surface area contributed by atoms with Crippen molar-refractivity contribution >= 4 is 22.1 Å². The second kappa shape index (κ2) is 7.50. The highest BCUT2D eigenvalue weighted by Crippen LogP contribution is 2.31. The topological polar surface area (TPSA) is 92.4 Å². The van der Waals surface area contributed by atoms with Gasteiger partial charge in [-0.05, 0) is 56.0 Å². The van der Waals surface area contributed by atoms with Gasteiger partial charge in [-0.15, -0.1) is 0 Å². The molecule has 0 unspecified atom stereocenters. The van der Waals surface area contributed by atoms with E-state index in [-0.39, 0.29) is 0 Å². The Bertz CT molecular complexity index is 1330. The maximum Gasteiger partial charge on any atom is 0.181 e. The van der Waals surface area contributed by atoms with Crippen molar-refractivity contribution in [1.29, 1.82) is 0 Å². The van der Waals surface area contributed by atoms with Crippen molar-refractivity contribution in [2.45, 2.75) is 38.2 Å². The maximum absolute atomic E-state index is 6.20. The monoisotopic (exact) mass is 410 g/mol. The summed E-state index contributed by atoms with van der Waals surface area (Å²) in [6.07, 6.45) is 13.6. The van der Waals surface area contributed by atoms with E-state index >= 15 is 0 Å². The van der Waals surface area contributed by atoms with Gasteiger partial charge in [-0.25, -0.2) is 9.97 Å². The molecule has 7 nitrogen and oxygen atoms in total. The van der Waals surface area contributed by atoms with Gasteiger partial charge in [0.1, 0.15) is 11.4 Å². The van der Waals surface area contributed by atoms with Gasteiger partial charge in [0.15, 0.2) is 5.65 Å². The molecule has 0 atom stereocenters. The summed E-state index contributed by atoms with van der Waals surface area (Å²) < 4.78 is 6.20. The van der Waals surface area contributed by atoms with Gasteiger partial charge in [-0.1, -0.05) is 6.42 Å². The van der Waals surface area contributed by atoms with Crippen LogP contribution in [0.3, 0.4) is 0 Å². The van der Waals surface area contributed by atoms with Crippen molar-refractivity contribution in [2.24, 2.45) is 0 Å². The summed E-state index contributed by atoms with van der Waals surface area (Å²) >= 11 is 0. The van der Waals surface area contributed by atoms with E-state index in [4.69, 9.17) is 4.74 Å². The molecule has 0 amide bonds. The number of aromatic amines is 2. The smallest absolute Gasteiger partial charge is 0.181 e. The Morgan fingerprint density at radius 2 is 1.84 bits per heavy atom. The molecule has 1 fully saturated rings. The average Bonchev–Trinajstić information content (AvgIpc) is 3.43. The molecule has 1 saturated carbocycles. The first kappa shape index (κ1) is 18.1. The van der Waals surface area contributed by atoms with Gasteiger partial charge in [0.2, 0.25) is 0 Å². The SMILES string of the molecule is c1cnc2[nH]c(-c3[nH]nc4ncc(-c5cncc(OC6CCCCC6)c5)cc34)cc2c1. The number of hydrogen-bond acceptors (Lipinski definition) is 5. The number of rotatable bonds is 4. The standard InChI is InChI=1S/C24H22N6O/c1-2-6-18(7-3-1)31-19-9-16(12-25-14-19)17-10-20-22(29-30-24(20)27-13-17)21-11-15-5-4-8-26-23(15)28-21/h4-5,8-14,18H,1-3,6-7H2,(H,26,28)(H,27,29,30). The van der Waals surface area contributed by atoms with Crippen LogP contribution in [0, 0.1) is 0 Å². The largest absolute Gasteiger partial charge is 0.489 e. The highest BCUT2D eigenvalue weighted by atomic mass is 16.5. The number of aromatic nitrogens is 6. The highest BCUT2D eigenvalue weighted by Gasteiger charge is 2.16.